The summed E-state index contributed by atoms with van der Waals surface area (Å²) in [6.07, 6.45) is 2.04. The van der Waals surface area contributed by atoms with Crippen molar-refractivity contribution >= 4 is 5.91 Å². The van der Waals surface area contributed by atoms with Crippen LogP contribution >= 0.6 is 0 Å². The van der Waals surface area contributed by atoms with Crippen LogP contribution in [0.1, 0.15) is 6.42 Å². The van der Waals surface area contributed by atoms with Crippen molar-refractivity contribution in [2.45, 2.75) is 6.42 Å². The van der Waals surface area contributed by atoms with Crippen molar-refractivity contribution in [1.29, 1.82) is 0 Å². The highest BCUT2D eigenvalue weighted by molar-refractivity contribution is 5.77. The average Bonchev–Trinajstić information content (AvgIpc) is 2.20. The monoisotopic (exact) mass is 197 g/mol. The number of hydrogen-bond acceptors (Lipinski definition) is 3. The van der Waals surface area contributed by atoms with Crippen LogP contribution in [0.3, 0.4) is 0 Å². The van der Waals surface area contributed by atoms with E-state index in [0.29, 0.717) is 6.42 Å². The molecular weight excluding hydrogens is 178 g/mol. The summed E-state index contributed by atoms with van der Waals surface area (Å²) in [7, 11) is 0. The molecule has 1 heterocycles. The lowest BCUT2D eigenvalue weighted by Crippen LogP contribution is -2.46. The zero-order valence-corrected chi connectivity index (χ0v) is 8.59. The van der Waals surface area contributed by atoms with E-state index in [1.54, 1.807) is 6.08 Å². The van der Waals surface area contributed by atoms with Crippen LogP contribution in [0, 0.1) is 0 Å². The van der Waals surface area contributed by atoms with E-state index in [-0.39, 0.29) is 5.91 Å². The predicted octanol–water partition coefficient (Wildman–Crippen LogP) is -0.416. The second-order valence-electron chi connectivity index (χ2n) is 3.43. The highest BCUT2D eigenvalue weighted by Gasteiger charge is 2.08. The maximum Gasteiger partial charge on any atom is 0.223 e. The van der Waals surface area contributed by atoms with Crippen LogP contribution in [0.25, 0.3) is 0 Å². The quantitative estimate of drug-likeness (QED) is 0.589. The Bertz CT molecular complexity index is 188. The molecule has 0 aromatic rings. The Labute approximate surface area is 85.3 Å². The molecule has 4 nitrogen and oxygen atoms in total. The van der Waals surface area contributed by atoms with Gasteiger partial charge in [0.05, 0.1) is 0 Å². The second kappa shape index (κ2) is 6.56. The van der Waals surface area contributed by atoms with Gasteiger partial charge in [0.25, 0.3) is 0 Å². The molecule has 1 rings (SSSR count). The number of nitrogens with zero attached hydrogens (tertiary/aromatic N) is 1. The smallest absolute Gasteiger partial charge is 0.223 e. The van der Waals surface area contributed by atoms with Gasteiger partial charge >= 0.3 is 0 Å². The lowest BCUT2D eigenvalue weighted by molar-refractivity contribution is -0.120. The number of hydrogen-bond donors (Lipinski definition) is 2. The van der Waals surface area contributed by atoms with Crippen LogP contribution in [0.2, 0.25) is 0 Å². The van der Waals surface area contributed by atoms with E-state index in [9.17, 15) is 4.79 Å². The molecule has 1 fully saturated rings. The molecule has 0 bridgehead atoms. The van der Waals surface area contributed by atoms with Gasteiger partial charge in [-0.05, 0) is 0 Å². The van der Waals surface area contributed by atoms with Gasteiger partial charge in [-0.15, -0.1) is 6.58 Å². The standard InChI is InChI=1S/C10H19N3O/c1-2-3-10(14)12-6-9-13-7-4-11-5-8-13/h2,11H,1,3-9H2,(H,12,14). The van der Waals surface area contributed by atoms with Crippen molar-refractivity contribution in [3.05, 3.63) is 12.7 Å². The molecule has 0 unspecified atom stereocenters. The van der Waals surface area contributed by atoms with Crippen molar-refractivity contribution in [1.82, 2.24) is 15.5 Å². The summed E-state index contributed by atoms with van der Waals surface area (Å²) in [5, 5.41) is 6.15. The van der Waals surface area contributed by atoms with Gasteiger partial charge in [-0.3, -0.25) is 9.69 Å². The number of piperazine rings is 1. The number of carbonyl (C=O) groups is 1. The van der Waals surface area contributed by atoms with E-state index in [1.165, 1.54) is 0 Å². The second-order valence-corrected chi connectivity index (χ2v) is 3.43. The Morgan fingerprint density at radius 3 is 2.86 bits per heavy atom. The molecule has 0 atom stereocenters. The lowest BCUT2D eigenvalue weighted by Gasteiger charge is -2.27. The van der Waals surface area contributed by atoms with Gasteiger partial charge < -0.3 is 10.6 Å². The summed E-state index contributed by atoms with van der Waals surface area (Å²) in [5.41, 5.74) is 0. The van der Waals surface area contributed by atoms with Crippen LogP contribution in [0.4, 0.5) is 0 Å². The summed E-state index contributed by atoms with van der Waals surface area (Å²) in [4.78, 5) is 13.4. The summed E-state index contributed by atoms with van der Waals surface area (Å²) in [6, 6.07) is 0. The summed E-state index contributed by atoms with van der Waals surface area (Å²) in [6.45, 7) is 9.48. The predicted molar refractivity (Wildman–Crippen MR) is 57.1 cm³/mol. The Kier molecular flexibility index (Phi) is 5.25. The van der Waals surface area contributed by atoms with Gasteiger partial charge in [-0.1, -0.05) is 6.08 Å². The molecule has 14 heavy (non-hydrogen) atoms. The summed E-state index contributed by atoms with van der Waals surface area (Å²) < 4.78 is 0. The first-order valence-corrected chi connectivity index (χ1v) is 5.13. The molecule has 1 saturated heterocycles. The van der Waals surface area contributed by atoms with Crippen molar-refractivity contribution in [3.63, 3.8) is 0 Å². The van der Waals surface area contributed by atoms with Crippen molar-refractivity contribution < 1.29 is 4.79 Å². The van der Waals surface area contributed by atoms with Crippen molar-refractivity contribution in [3.8, 4) is 0 Å². The highest BCUT2D eigenvalue weighted by Crippen LogP contribution is 1.90. The highest BCUT2D eigenvalue weighted by atomic mass is 16.1. The van der Waals surface area contributed by atoms with Crippen LogP contribution in [0.5, 0.6) is 0 Å². The van der Waals surface area contributed by atoms with Gasteiger partial charge in [-0.2, -0.15) is 0 Å². The number of nitrogens with one attached hydrogen (secondary N) is 2. The maximum atomic E-state index is 11.1. The van der Waals surface area contributed by atoms with Crippen LogP contribution in [0.15, 0.2) is 12.7 Å². The van der Waals surface area contributed by atoms with E-state index in [2.05, 4.69) is 22.1 Å². The molecule has 2 N–H and O–H groups in total. The van der Waals surface area contributed by atoms with Gasteiger partial charge in [0.1, 0.15) is 0 Å². The molecule has 0 aromatic heterocycles. The molecule has 1 amide bonds. The first-order chi connectivity index (χ1) is 6.83. The Balaban J connectivity index is 2.02. The lowest BCUT2D eigenvalue weighted by atomic mass is 10.3. The summed E-state index contributed by atoms with van der Waals surface area (Å²) in [5.74, 6) is 0.0649. The molecule has 0 radical (unpaired) electrons. The molecule has 0 aromatic carbocycles. The Morgan fingerprint density at radius 1 is 1.50 bits per heavy atom. The van der Waals surface area contributed by atoms with Crippen LogP contribution in [-0.4, -0.2) is 50.1 Å². The maximum absolute atomic E-state index is 11.1. The van der Waals surface area contributed by atoms with E-state index in [4.69, 9.17) is 0 Å². The molecule has 4 heteroatoms. The van der Waals surface area contributed by atoms with Crippen LogP contribution in [-0.2, 0) is 4.79 Å². The fourth-order valence-electron chi connectivity index (χ4n) is 1.49. The van der Waals surface area contributed by atoms with E-state index in [0.717, 1.165) is 39.3 Å². The minimum absolute atomic E-state index is 0.0649. The largest absolute Gasteiger partial charge is 0.355 e. The molecule has 0 spiro atoms. The van der Waals surface area contributed by atoms with E-state index in [1.807, 2.05) is 0 Å². The third kappa shape index (κ3) is 4.39. The third-order valence-corrected chi connectivity index (χ3v) is 2.29. The molecule has 1 aliphatic heterocycles. The number of amides is 1. The van der Waals surface area contributed by atoms with Gasteiger partial charge in [-0.25, -0.2) is 0 Å². The first-order valence-electron chi connectivity index (χ1n) is 5.13. The normalized spacial score (nSPS) is 17.7. The van der Waals surface area contributed by atoms with E-state index < -0.39 is 0 Å². The van der Waals surface area contributed by atoms with Crippen molar-refractivity contribution in [2.24, 2.45) is 0 Å². The molecule has 0 aliphatic carbocycles. The third-order valence-electron chi connectivity index (χ3n) is 2.29. The Hall–Kier alpha value is -0.870. The van der Waals surface area contributed by atoms with E-state index >= 15 is 0 Å². The number of carbonyl (C=O) groups excluding carboxylic acids is 1. The summed E-state index contributed by atoms with van der Waals surface area (Å²) >= 11 is 0. The minimum Gasteiger partial charge on any atom is -0.355 e. The molecule has 80 valence electrons. The fraction of sp³-hybridized carbons (Fsp3) is 0.700. The zero-order chi connectivity index (χ0) is 10.2. The van der Waals surface area contributed by atoms with Gasteiger partial charge in [0.15, 0.2) is 0 Å². The minimum atomic E-state index is 0.0649. The molecular formula is C10H19N3O. The topological polar surface area (TPSA) is 44.4 Å². The Morgan fingerprint density at radius 2 is 2.21 bits per heavy atom. The zero-order valence-electron chi connectivity index (χ0n) is 8.59. The average molecular weight is 197 g/mol. The first kappa shape index (κ1) is 11.2. The van der Waals surface area contributed by atoms with Crippen LogP contribution < -0.4 is 10.6 Å². The van der Waals surface area contributed by atoms with Crippen molar-refractivity contribution in [2.75, 3.05) is 39.3 Å². The fourth-order valence-corrected chi connectivity index (χ4v) is 1.49. The molecule has 1 aliphatic rings. The molecule has 0 saturated carbocycles. The SMILES string of the molecule is C=CCC(=O)NCCN1CCNCC1. The van der Waals surface area contributed by atoms with Gasteiger partial charge in [0.2, 0.25) is 5.91 Å². The van der Waals surface area contributed by atoms with Gasteiger partial charge in [0, 0.05) is 45.7 Å². The number of rotatable bonds is 5.